The van der Waals surface area contributed by atoms with Gasteiger partial charge in [0.25, 0.3) is 0 Å². The Morgan fingerprint density at radius 3 is 1.54 bits per heavy atom. The molecule has 9 heteroatoms. The fraction of sp³-hybridized carbons (Fsp3) is 0.0667. The molecule has 0 fully saturated rings. The number of aromatic amines is 2. The Kier molecular flexibility index (Phi) is 6.55. The topological polar surface area (TPSA) is 125 Å². The number of hydrogen-bond acceptors (Lipinski definition) is 5. The standard InChI is InChI=1S/C30H24N6O3/c37-27(31-21-9-5-7-19(15-21)29-33-23-11-1-2-12-24(23)34-29)17-39-18-28(38)32-22-10-6-8-20(16-22)30-35-25-13-3-4-14-26(25)36-30/h1-16H,17-18H2,(H,31,37)(H,32,38)(H,33,34)(H,35,36). The van der Waals surface area contributed by atoms with E-state index in [1.807, 2.05) is 84.9 Å². The summed E-state index contributed by atoms with van der Waals surface area (Å²) in [6.07, 6.45) is 0. The summed E-state index contributed by atoms with van der Waals surface area (Å²) >= 11 is 0. The quantitative estimate of drug-likeness (QED) is 0.217. The second kappa shape index (κ2) is 10.6. The zero-order valence-electron chi connectivity index (χ0n) is 20.8. The fourth-order valence-electron chi connectivity index (χ4n) is 4.30. The van der Waals surface area contributed by atoms with Gasteiger partial charge >= 0.3 is 0 Å². The molecule has 6 rings (SSSR count). The Morgan fingerprint density at radius 2 is 1.08 bits per heavy atom. The van der Waals surface area contributed by atoms with E-state index in [1.54, 1.807) is 12.1 Å². The molecule has 0 saturated heterocycles. The number of hydrogen-bond donors (Lipinski definition) is 4. The number of amides is 2. The molecule has 0 bridgehead atoms. The molecule has 39 heavy (non-hydrogen) atoms. The number of fused-ring (bicyclic) bond motifs is 2. The highest BCUT2D eigenvalue weighted by Crippen LogP contribution is 2.24. The van der Waals surface area contributed by atoms with E-state index < -0.39 is 0 Å². The van der Waals surface area contributed by atoms with Crippen LogP contribution in [0.15, 0.2) is 97.1 Å². The number of nitrogens with zero attached hydrogens (tertiary/aromatic N) is 2. The number of imidazole rings is 2. The van der Waals surface area contributed by atoms with E-state index in [9.17, 15) is 9.59 Å². The molecule has 4 N–H and O–H groups in total. The minimum absolute atomic E-state index is 0.263. The average Bonchev–Trinajstić information content (AvgIpc) is 3.58. The number of nitrogens with one attached hydrogen (secondary N) is 4. The highest BCUT2D eigenvalue weighted by molar-refractivity contribution is 5.94. The first kappa shape index (κ1) is 24.1. The van der Waals surface area contributed by atoms with Crippen molar-refractivity contribution in [2.75, 3.05) is 23.8 Å². The number of H-pyrrole nitrogens is 2. The van der Waals surface area contributed by atoms with Crippen LogP contribution < -0.4 is 10.6 Å². The van der Waals surface area contributed by atoms with E-state index in [1.165, 1.54) is 0 Å². The van der Waals surface area contributed by atoms with Crippen LogP contribution in [0.1, 0.15) is 0 Å². The molecule has 0 saturated carbocycles. The third-order valence-corrected chi connectivity index (χ3v) is 6.08. The van der Waals surface area contributed by atoms with Crippen LogP contribution in [0.5, 0.6) is 0 Å². The largest absolute Gasteiger partial charge is 0.362 e. The van der Waals surface area contributed by atoms with Crippen molar-refractivity contribution >= 4 is 45.3 Å². The summed E-state index contributed by atoms with van der Waals surface area (Å²) in [6, 6.07) is 30.3. The van der Waals surface area contributed by atoms with Crippen LogP contribution in [0.3, 0.4) is 0 Å². The normalized spacial score (nSPS) is 11.1. The van der Waals surface area contributed by atoms with Crippen LogP contribution in [-0.2, 0) is 14.3 Å². The second-order valence-electron chi connectivity index (χ2n) is 8.96. The molecule has 0 aliphatic carbocycles. The molecule has 0 spiro atoms. The molecule has 2 amide bonds. The summed E-state index contributed by atoms with van der Waals surface area (Å²) < 4.78 is 5.35. The van der Waals surface area contributed by atoms with Crippen molar-refractivity contribution in [3.63, 3.8) is 0 Å². The third-order valence-electron chi connectivity index (χ3n) is 6.08. The molecule has 2 heterocycles. The zero-order chi connectivity index (χ0) is 26.6. The molecule has 2 aromatic heterocycles. The van der Waals surface area contributed by atoms with Crippen LogP contribution in [0.2, 0.25) is 0 Å². The van der Waals surface area contributed by atoms with Gasteiger partial charge in [0.15, 0.2) is 0 Å². The van der Waals surface area contributed by atoms with Crippen LogP contribution in [-0.4, -0.2) is 45.0 Å². The minimum atomic E-state index is -0.364. The maximum absolute atomic E-state index is 12.4. The van der Waals surface area contributed by atoms with Crippen molar-refractivity contribution in [3.05, 3.63) is 97.1 Å². The summed E-state index contributed by atoms with van der Waals surface area (Å²) in [5.74, 6) is 0.696. The first-order chi connectivity index (χ1) is 19.1. The van der Waals surface area contributed by atoms with Gasteiger partial charge in [-0.2, -0.15) is 0 Å². The summed E-state index contributed by atoms with van der Waals surface area (Å²) in [4.78, 5) is 40.6. The number of carbonyl (C=O) groups is 2. The fourth-order valence-corrected chi connectivity index (χ4v) is 4.30. The van der Waals surface area contributed by atoms with E-state index in [2.05, 4.69) is 30.6 Å². The van der Waals surface area contributed by atoms with Gasteiger partial charge in [-0.3, -0.25) is 9.59 Å². The first-order valence-electron chi connectivity index (χ1n) is 12.4. The Labute approximate surface area is 223 Å². The van der Waals surface area contributed by atoms with E-state index in [0.717, 1.165) is 33.2 Å². The molecule has 0 aliphatic heterocycles. The van der Waals surface area contributed by atoms with Crippen molar-refractivity contribution in [1.29, 1.82) is 0 Å². The highest BCUT2D eigenvalue weighted by atomic mass is 16.5. The van der Waals surface area contributed by atoms with E-state index >= 15 is 0 Å². The second-order valence-corrected chi connectivity index (χ2v) is 8.96. The number of ether oxygens (including phenoxy) is 1. The van der Waals surface area contributed by atoms with Crippen LogP contribution in [0, 0.1) is 0 Å². The van der Waals surface area contributed by atoms with Crippen molar-refractivity contribution < 1.29 is 14.3 Å². The SMILES string of the molecule is O=C(COCC(=O)Nc1cccc(-c2nc3ccccc3[nH]2)c1)Nc1cccc(-c2nc3ccccc3[nH]2)c1. The van der Waals surface area contributed by atoms with E-state index in [0.29, 0.717) is 23.0 Å². The number of rotatable bonds is 8. The lowest BCUT2D eigenvalue weighted by atomic mass is 10.2. The zero-order valence-corrected chi connectivity index (χ0v) is 20.8. The molecule has 0 radical (unpaired) electrons. The monoisotopic (exact) mass is 516 g/mol. The molecule has 6 aromatic rings. The van der Waals surface area contributed by atoms with Crippen LogP contribution in [0.25, 0.3) is 44.8 Å². The van der Waals surface area contributed by atoms with Gasteiger partial charge in [0.1, 0.15) is 24.9 Å². The predicted octanol–water partition coefficient (Wildman–Crippen LogP) is 5.37. The Morgan fingerprint density at radius 1 is 0.615 bits per heavy atom. The van der Waals surface area contributed by atoms with Gasteiger partial charge in [-0.15, -0.1) is 0 Å². The predicted molar refractivity (Wildman–Crippen MR) is 151 cm³/mol. The number of para-hydroxylation sites is 4. The minimum Gasteiger partial charge on any atom is -0.362 e. The summed E-state index contributed by atoms with van der Waals surface area (Å²) in [7, 11) is 0. The maximum atomic E-state index is 12.4. The molecular formula is C30H24N6O3. The lowest BCUT2D eigenvalue weighted by molar-refractivity contribution is -0.125. The van der Waals surface area contributed by atoms with Gasteiger partial charge in [0.2, 0.25) is 11.8 Å². The molecular weight excluding hydrogens is 492 g/mol. The molecule has 4 aromatic carbocycles. The van der Waals surface area contributed by atoms with Gasteiger partial charge in [0, 0.05) is 22.5 Å². The van der Waals surface area contributed by atoms with Gasteiger partial charge < -0.3 is 25.3 Å². The summed E-state index contributed by atoms with van der Waals surface area (Å²) in [5, 5.41) is 5.60. The first-order valence-corrected chi connectivity index (χ1v) is 12.4. The van der Waals surface area contributed by atoms with Crippen LogP contribution in [0.4, 0.5) is 11.4 Å². The van der Waals surface area contributed by atoms with Crippen molar-refractivity contribution in [1.82, 2.24) is 19.9 Å². The molecule has 0 atom stereocenters. The number of benzene rings is 4. The Balaban J connectivity index is 1.01. The average molecular weight is 517 g/mol. The lowest BCUT2D eigenvalue weighted by Gasteiger charge is -2.09. The van der Waals surface area contributed by atoms with Crippen molar-refractivity contribution in [2.24, 2.45) is 0 Å². The van der Waals surface area contributed by atoms with Gasteiger partial charge in [0.05, 0.1) is 22.1 Å². The summed E-state index contributed by atoms with van der Waals surface area (Å²) in [6.45, 7) is -0.525. The van der Waals surface area contributed by atoms with E-state index in [-0.39, 0.29) is 25.0 Å². The summed E-state index contributed by atoms with van der Waals surface area (Å²) in [5.41, 5.74) is 6.51. The molecule has 9 nitrogen and oxygen atoms in total. The van der Waals surface area contributed by atoms with Crippen molar-refractivity contribution in [2.45, 2.75) is 0 Å². The van der Waals surface area contributed by atoms with Gasteiger partial charge in [-0.25, -0.2) is 9.97 Å². The third kappa shape index (κ3) is 5.53. The van der Waals surface area contributed by atoms with Gasteiger partial charge in [-0.05, 0) is 48.5 Å². The Bertz CT molecular complexity index is 1610. The van der Waals surface area contributed by atoms with Gasteiger partial charge in [-0.1, -0.05) is 48.5 Å². The smallest absolute Gasteiger partial charge is 0.250 e. The number of anilines is 2. The number of carbonyl (C=O) groups excluding carboxylic acids is 2. The molecule has 0 aliphatic rings. The molecule has 192 valence electrons. The highest BCUT2D eigenvalue weighted by Gasteiger charge is 2.10. The Hall–Kier alpha value is -5.28. The van der Waals surface area contributed by atoms with E-state index in [4.69, 9.17) is 4.74 Å². The van der Waals surface area contributed by atoms with Crippen LogP contribution >= 0.6 is 0 Å². The maximum Gasteiger partial charge on any atom is 0.250 e. The lowest BCUT2D eigenvalue weighted by Crippen LogP contribution is -2.24. The number of aromatic nitrogens is 4. The molecule has 0 unspecified atom stereocenters. The van der Waals surface area contributed by atoms with Crippen molar-refractivity contribution in [3.8, 4) is 22.8 Å².